The molecule has 0 atom stereocenters. The van der Waals surface area contributed by atoms with Crippen molar-refractivity contribution in [1.29, 1.82) is 0 Å². The summed E-state index contributed by atoms with van der Waals surface area (Å²) < 4.78 is 44.6. The molecule has 0 radical (unpaired) electrons. The molecular formula is C24H23ClN2O6S. The molecule has 0 unspecified atom stereocenters. The highest BCUT2D eigenvalue weighted by molar-refractivity contribution is 7.92. The Hall–Kier alpha value is -3.43. The zero-order valence-corrected chi connectivity index (χ0v) is 20.2. The third-order valence-electron chi connectivity index (χ3n) is 5.13. The number of ether oxygens (including phenoxy) is 3. The molecule has 1 aliphatic rings. The van der Waals surface area contributed by atoms with Crippen molar-refractivity contribution in [3.63, 3.8) is 0 Å². The molecule has 34 heavy (non-hydrogen) atoms. The Kier molecular flexibility index (Phi) is 6.85. The van der Waals surface area contributed by atoms with E-state index in [0.717, 1.165) is 9.87 Å². The van der Waals surface area contributed by atoms with E-state index in [4.69, 9.17) is 25.8 Å². The summed E-state index contributed by atoms with van der Waals surface area (Å²) >= 11 is 6.17. The van der Waals surface area contributed by atoms with Gasteiger partial charge in [0.1, 0.15) is 25.5 Å². The minimum atomic E-state index is -4.13. The van der Waals surface area contributed by atoms with Crippen molar-refractivity contribution >= 4 is 38.9 Å². The standard InChI is InChI=1S/C24H23ClN2O6S/c1-16-3-7-19(8-4-16)34(29,30)27(20-13-17(25)5-9-21(20)31-2)15-24(28)26-18-6-10-22-23(14-18)33-12-11-32-22/h3-10,13-14H,11-12,15H2,1-2H3,(H,26,28). The largest absolute Gasteiger partial charge is 0.495 e. The second-order valence-corrected chi connectivity index (χ2v) is 9.85. The van der Waals surface area contributed by atoms with Gasteiger partial charge in [-0.05, 0) is 49.4 Å². The van der Waals surface area contributed by atoms with Crippen molar-refractivity contribution in [2.75, 3.05) is 36.5 Å². The number of rotatable bonds is 7. The van der Waals surface area contributed by atoms with Crippen molar-refractivity contribution in [3.05, 3.63) is 71.2 Å². The van der Waals surface area contributed by atoms with Gasteiger partial charge in [0.15, 0.2) is 11.5 Å². The van der Waals surface area contributed by atoms with Crippen LogP contribution in [-0.4, -0.2) is 41.2 Å². The van der Waals surface area contributed by atoms with Crippen LogP contribution in [0.25, 0.3) is 0 Å². The van der Waals surface area contributed by atoms with E-state index in [-0.39, 0.29) is 16.3 Å². The number of amides is 1. The number of sulfonamides is 1. The van der Waals surface area contributed by atoms with Crippen LogP contribution in [0.4, 0.5) is 11.4 Å². The average Bonchev–Trinajstić information content (AvgIpc) is 2.82. The number of methoxy groups -OCH3 is 1. The first-order valence-electron chi connectivity index (χ1n) is 10.4. The molecule has 4 rings (SSSR count). The van der Waals surface area contributed by atoms with Crippen LogP contribution >= 0.6 is 11.6 Å². The van der Waals surface area contributed by atoms with Crippen molar-refractivity contribution in [3.8, 4) is 17.2 Å². The molecule has 0 saturated heterocycles. The van der Waals surface area contributed by atoms with Crippen molar-refractivity contribution in [2.24, 2.45) is 0 Å². The smallest absolute Gasteiger partial charge is 0.264 e. The Morgan fingerprint density at radius 1 is 1.03 bits per heavy atom. The molecule has 1 amide bonds. The third kappa shape index (κ3) is 5.05. The predicted molar refractivity (Wildman–Crippen MR) is 130 cm³/mol. The highest BCUT2D eigenvalue weighted by Crippen LogP contribution is 2.35. The lowest BCUT2D eigenvalue weighted by molar-refractivity contribution is -0.114. The number of aryl methyl sites for hydroxylation is 1. The Balaban J connectivity index is 1.68. The van der Waals surface area contributed by atoms with Crippen molar-refractivity contribution in [2.45, 2.75) is 11.8 Å². The Labute approximate surface area is 203 Å². The lowest BCUT2D eigenvalue weighted by Gasteiger charge is -2.26. The highest BCUT2D eigenvalue weighted by atomic mass is 35.5. The van der Waals surface area contributed by atoms with Crippen LogP contribution < -0.4 is 23.8 Å². The molecule has 8 nitrogen and oxygen atoms in total. The summed E-state index contributed by atoms with van der Waals surface area (Å²) in [4.78, 5) is 13.1. The summed E-state index contributed by atoms with van der Waals surface area (Å²) in [7, 11) is -2.72. The van der Waals surface area contributed by atoms with E-state index in [2.05, 4.69) is 5.32 Å². The summed E-state index contributed by atoms with van der Waals surface area (Å²) in [5, 5.41) is 3.02. The van der Waals surface area contributed by atoms with Gasteiger partial charge >= 0.3 is 0 Å². The molecule has 0 fully saturated rings. The molecule has 1 aliphatic heterocycles. The lowest BCUT2D eigenvalue weighted by Crippen LogP contribution is -2.38. The second-order valence-electron chi connectivity index (χ2n) is 7.55. The quantitative estimate of drug-likeness (QED) is 0.518. The van der Waals surface area contributed by atoms with Gasteiger partial charge in [-0.1, -0.05) is 29.3 Å². The lowest BCUT2D eigenvalue weighted by atomic mass is 10.2. The summed E-state index contributed by atoms with van der Waals surface area (Å²) in [6.07, 6.45) is 0. The van der Waals surface area contributed by atoms with Crippen LogP contribution in [0.2, 0.25) is 5.02 Å². The minimum Gasteiger partial charge on any atom is -0.495 e. The highest BCUT2D eigenvalue weighted by Gasteiger charge is 2.30. The molecule has 0 saturated carbocycles. The number of nitrogens with zero attached hydrogens (tertiary/aromatic N) is 1. The molecule has 1 N–H and O–H groups in total. The van der Waals surface area contributed by atoms with Crippen molar-refractivity contribution in [1.82, 2.24) is 0 Å². The van der Waals surface area contributed by atoms with Gasteiger partial charge in [-0.25, -0.2) is 8.42 Å². The average molecular weight is 503 g/mol. The van der Waals surface area contributed by atoms with E-state index in [1.54, 1.807) is 42.5 Å². The van der Waals surface area contributed by atoms with E-state index < -0.39 is 22.5 Å². The Morgan fingerprint density at radius 2 is 1.74 bits per heavy atom. The van der Waals surface area contributed by atoms with Crippen LogP contribution in [0.3, 0.4) is 0 Å². The maximum absolute atomic E-state index is 13.6. The fraction of sp³-hybridized carbons (Fsp3) is 0.208. The monoisotopic (exact) mass is 502 g/mol. The number of carbonyl (C=O) groups excluding carboxylic acids is 1. The first-order chi connectivity index (χ1) is 16.3. The van der Waals surface area contributed by atoms with Gasteiger partial charge in [-0.3, -0.25) is 9.10 Å². The predicted octanol–water partition coefficient (Wildman–Crippen LogP) is 4.26. The van der Waals surface area contributed by atoms with E-state index in [9.17, 15) is 13.2 Å². The van der Waals surface area contributed by atoms with Gasteiger partial charge in [0.25, 0.3) is 10.0 Å². The maximum Gasteiger partial charge on any atom is 0.264 e. The number of nitrogens with one attached hydrogen (secondary N) is 1. The summed E-state index contributed by atoms with van der Waals surface area (Å²) in [6.45, 7) is 2.20. The molecule has 0 aliphatic carbocycles. The number of anilines is 2. The first kappa shape index (κ1) is 23.7. The molecule has 178 valence electrons. The summed E-state index contributed by atoms with van der Waals surface area (Å²) in [5.74, 6) is 0.780. The molecule has 3 aromatic rings. The van der Waals surface area contributed by atoms with Gasteiger partial charge in [0.05, 0.1) is 17.7 Å². The molecular weight excluding hydrogens is 480 g/mol. The third-order valence-corrected chi connectivity index (χ3v) is 7.14. The Morgan fingerprint density at radius 3 is 2.44 bits per heavy atom. The summed E-state index contributed by atoms with van der Waals surface area (Å²) in [6, 6.07) is 15.9. The number of halogens is 1. The number of hydrogen-bond donors (Lipinski definition) is 1. The van der Waals surface area contributed by atoms with Gasteiger partial charge in [-0.2, -0.15) is 0 Å². The SMILES string of the molecule is COc1ccc(Cl)cc1N(CC(=O)Nc1ccc2c(c1)OCCO2)S(=O)(=O)c1ccc(C)cc1. The van der Waals surface area contributed by atoms with Gasteiger partial charge in [0.2, 0.25) is 5.91 Å². The topological polar surface area (TPSA) is 94.2 Å². The zero-order chi connectivity index (χ0) is 24.3. The second kappa shape index (κ2) is 9.82. The minimum absolute atomic E-state index is 0.0345. The van der Waals surface area contributed by atoms with Gasteiger partial charge in [-0.15, -0.1) is 0 Å². The molecule has 0 spiro atoms. The molecule has 10 heteroatoms. The number of hydrogen-bond acceptors (Lipinski definition) is 6. The molecule has 0 bridgehead atoms. The normalized spacial score (nSPS) is 12.7. The number of carbonyl (C=O) groups is 1. The van der Waals surface area contributed by atoms with E-state index in [1.165, 1.54) is 25.3 Å². The number of fused-ring (bicyclic) bond motifs is 1. The Bertz CT molecular complexity index is 1310. The van der Waals surface area contributed by atoms with Crippen LogP contribution in [-0.2, 0) is 14.8 Å². The fourth-order valence-electron chi connectivity index (χ4n) is 3.45. The zero-order valence-electron chi connectivity index (χ0n) is 18.6. The van der Waals surface area contributed by atoms with Gasteiger partial charge < -0.3 is 19.5 Å². The molecule has 3 aromatic carbocycles. The van der Waals surface area contributed by atoms with E-state index in [0.29, 0.717) is 35.4 Å². The van der Waals surface area contributed by atoms with Crippen molar-refractivity contribution < 1.29 is 27.4 Å². The van der Waals surface area contributed by atoms with Crippen LogP contribution in [0.5, 0.6) is 17.2 Å². The van der Waals surface area contributed by atoms with Crippen LogP contribution in [0.15, 0.2) is 65.6 Å². The molecule has 1 heterocycles. The molecule has 0 aromatic heterocycles. The fourth-order valence-corrected chi connectivity index (χ4v) is 5.04. The summed E-state index contributed by atoms with van der Waals surface area (Å²) in [5.41, 5.74) is 1.50. The van der Waals surface area contributed by atoms with E-state index >= 15 is 0 Å². The van der Waals surface area contributed by atoms with Gasteiger partial charge in [0, 0.05) is 16.8 Å². The van der Waals surface area contributed by atoms with Crippen LogP contribution in [0, 0.1) is 6.92 Å². The number of benzene rings is 3. The van der Waals surface area contributed by atoms with E-state index in [1.807, 2.05) is 6.92 Å². The van der Waals surface area contributed by atoms with Crippen LogP contribution in [0.1, 0.15) is 5.56 Å². The first-order valence-corrected chi connectivity index (χ1v) is 12.2. The maximum atomic E-state index is 13.6.